The van der Waals surface area contributed by atoms with Crippen LogP contribution in [0.5, 0.6) is 0 Å². The molecule has 5 nitrogen and oxygen atoms in total. The number of fused-ring (bicyclic) bond motifs is 1. The van der Waals surface area contributed by atoms with Gasteiger partial charge in [-0.15, -0.1) is 0 Å². The van der Waals surface area contributed by atoms with E-state index < -0.39 is 0 Å². The third-order valence-corrected chi connectivity index (χ3v) is 3.35. The van der Waals surface area contributed by atoms with Gasteiger partial charge in [0, 0.05) is 36.5 Å². The molecule has 0 spiro atoms. The SMILES string of the molecule is CNc1cc(C)nc(Cn2ccc(=O)c3ccccc32)n1. The van der Waals surface area contributed by atoms with Gasteiger partial charge in [-0.2, -0.15) is 0 Å². The highest BCUT2D eigenvalue weighted by Gasteiger charge is 2.06. The number of para-hydroxylation sites is 1. The molecule has 0 fully saturated rings. The van der Waals surface area contributed by atoms with Crippen LogP contribution in [0, 0.1) is 6.92 Å². The van der Waals surface area contributed by atoms with Gasteiger partial charge in [0.2, 0.25) is 0 Å². The molecule has 5 heteroatoms. The molecule has 3 rings (SSSR count). The molecule has 0 unspecified atom stereocenters. The molecule has 0 radical (unpaired) electrons. The monoisotopic (exact) mass is 280 g/mol. The van der Waals surface area contributed by atoms with E-state index in [0.717, 1.165) is 17.0 Å². The number of rotatable bonds is 3. The van der Waals surface area contributed by atoms with Gasteiger partial charge >= 0.3 is 0 Å². The van der Waals surface area contributed by atoms with Gasteiger partial charge < -0.3 is 9.88 Å². The van der Waals surface area contributed by atoms with Crippen LogP contribution < -0.4 is 10.7 Å². The number of hydrogen-bond donors (Lipinski definition) is 1. The van der Waals surface area contributed by atoms with Crippen molar-refractivity contribution in [3.8, 4) is 0 Å². The molecule has 2 heterocycles. The van der Waals surface area contributed by atoms with E-state index in [9.17, 15) is 4.79 Å². The predicted octanol–water partition coefficient (Wildman–Crippen LogP) is 2.19. The van der Waals surface area contributed by atoms with E-state index in [1.165, 1.54) is 0 Å². The first kappa shape index (κ1) is 13.3. The molecule has 0 bridgehead atoms. The van der Waals surface area contributed by atoms with Crippen molar-refractivity contribution in [3.05, 3.63) is 64.3 Å². The van der Waals surface area contributed by atoms with Crippen LogP contribution in [-0.4, -0.2) is 21.6 Å². The summed E-state index contributed by atoms with van der Waals surface area (Å²) in [5, 5.41) is 3.74. The molecule has 0 aliphatic heterocycles. The summed E-state index contributed by atoms with van der Waals surface area (Å²) < 4.78 is 1.99. The van der Waals surface area contributed by atoms with Gasteiger partial charge in [-0.25, -0.2) is 9.97 Å². The number of pyridine rings is 1. The molecule has 0 aliphatic carbocycles. The van der Waals surface area contributed by atoms with Crippen molar-refractivity contribution >= 4 is 16.7 Å². The molecule has 1 N–H and O–H groups in total. The van der Waals surface area contributed by atoms with E-state index >= 15 is 0 Å². The predicted molar refractivity (Wildman–Crippen MR) is 83.6 cm³/mol. The number of nitrogens with one attached hydrogen (secondary N) is 1. The van der Waals surface area contributed by atoms with Crippen LogP contribution >= 0.6 is 0 Å². The average Bonchev–Trinajstić information content (AvgIpc) is 2.50. The van der Waals surface area contributed by atoms with Crippen molar-refractivity contribution in [3.63, 3.8) is 0 Å². The van der Waals surface area contributed by atoms with Crippen molar-refractivity contribution in [1.29, 1.82) is 0 Å². The minimum absolute atomic E-state index is 0.0305. The summed E-state index contributed by atoms with van der Waals surface area (Å²) in [6.45, 7) is 2.46. The molecule has 0 atom stereocenters. The molecule has 21 heavy (non-hydrogen) atoms. The average molecular weight is 280 g/mol. The Bertz CT molecular complexity index is 854. The first-order valence-electron chi connectivity index (χ1n) is 6.78. The highest BCUT2D eigenvalue weighted by molar-refractivity contribution is 5.78. The van der Waals surface area contributed by atoms with E-state index in [2.05, 4.69) is 15.3 Å². The Hall–Kier alpha value is -2.69. The third-order valence-electron chi connectivity index (χ3n) is 3.35. The van der Waals surface area contributed by atoms with E-state index in [1.807, 2.05) is 48.9 Å². The molecule has 0 amide bonds. The smallest absolute Gasteiger partial charge is 0.189 e. The summed E-state index contributed by atoms with van der Waals surface area (Å²) in [5.74, 6) is 1.51. The second-order valence-electron chi connectivity index (χ2n) is 4.89. The Labute approximate surface area is 122 Å². The maximum Gasteiger partial charge on any atom is 0.189 e. The molecular formula is C16H16N4O. The number of hydrogen-bond acceptors (Lipinski definition) is 4. The number of benzene rings is 1. The molecule has 1 aromatic carbocycles. The fourth-order valence-corrected chi connectivity index (χ4v) is 2.38. The number of aromatic nitrogens is 3. The van der Waals surface area contributed by atoms with E-state index in [1.54, 1.807) is 12.3 Å². The molecule has 2 aromatic heterocycles. The highest BCUT2D eigenvalue weighted by Crippen LogP contribution is 2.12. The van der Waals surface area contributed by atoms with Gasteiger partial charge in [0.05, 0.1) is 12.1 Å². The Morgan fingerprint density at radius 3 is 2.81 bits per heavy atom. The lowest BCUT2D eigenvalue weighted by atomic mass is 10.2. The Balaban J connectivity index is 2.08. The molecular weight excluding hydrogens is 264 g/mol. The molecule has 3 aromatic rings. The normalized spacial score (nSPS) is 10.8. The van der Waals surface area contributed by atoms with Gasteiger partial charge in [0.15, 0.2) is 11.3 Å². The van der Waals surface area contributed by atoms with E-state index in [4.69, 9.17) is 0 Å². The van der Waals surface area contributed by atoms with Crippen molar-refractivity contribution in [2.75, 3.05) is 12.4 Å². The lowest BCUT2D eigenvalue weighted by Gasteiger charge is -2.11. The van der Waals surface area contributed by atoms with Crippen LogP contribution in [0.4, 0.5) is 5.82 Å². The van der Waals surface area contributed by atoms with Crippen LogP contribution in [0.3, 0.4) is 0 Å². The zero-order valence-corrected chi connectivity index (χ0v) is 12.0. The summed E-state index contributed by atoms with van der Waals surface area (Å²) in [5.41, 5.74) is 1.83. The molecule has 0 aliphatic rings. The lowest BCUT2D eigenvalue weighted by molar-refractivity contribution is 0.760. The van der Waals surface area contributed by atoms with Crippen LogP contribution in [-0.2, 0) is 6.54 Å². The van der Waals surface area contributed by atoms with Crippen molar-refractivity contribution in [2.45, 2.75) is 13.5 Å². The number of anilines is 1. The molecule has 106 valence electrons. The van der Waals surface area contributed by atoms with Gasteiger partial charge in [-0.05, 0) is 19.1 Å². The maximum atomic E-state index is 11.9. The molecule has 0 saturated carbocycles. The van der Waals surface area contributed by atoms with Crippen LogP contribution in [0.1, 0.15) is 11.5 Å². The summed E-state index contributed by atoms with van der Waals surface area (Å²) in [6, 6.07) is 11.0. The minimum atomic E-state index is 0.0305. The largest absolute Gasteiger partial charge is 0.373 e. The summed E-state index contributed by atoms with van der Waals surface area (Å²) in [6.07, 6.45) is 1.79. The first-order chi connectivity index (χ1) is 10.2. The fraction of sp³-hybridized carbons (Fsp3) is 0.188. The zero-order chi connectivity index (χ0) is 14.8. The van der Waals surface area contributed by atoms with Crippen molar-refractivity contribution in [2.24, 2.45) is 0 Å². The van der Waals surface area contributed by atoms with Crippen LogP contribution in [0.15, 0.2) is 47.4 Å². The van der Waals surface area contributed by atoms with Crippen LogP contribution in [0.2, 0.25) is 0 Å². The van der Waals surface area contributed by atoms with Gasteiger partial charge in [-0.1, -0.05) is 12.1 Å². The summed E-state index contributed by atoms with van der Waals surface area (Å²) >= 11 is 0. The summed E-state index contributed by atoms with van der Waals surface area (Å²) in [4.78, 5) is 20.8. The van der Waals surface area contributed by atoms with Gasteiger partial charge in [0.25, 0.3) is 0 Å². The fourth-order valence-electron chi connectivity index (χ4n) is 2.38. The highest BCUT2D eigenvalue weighted by atomic mass is 16.1. The van der Waals surface area contributed by atoms with Crippen molar-refractivity contribution < 1.29 is 0 Å². The first-order valence-corrected chi connectivity index (χ1v) is 6.78. The van der Waals surface area contributed by atoms with E-state index in [0.29, 0.717) is 17.8 Å². The number of aryl methyl sites for hydroxylation is 1. The topological polar surface area (TPSA) is 59.8 Å². The Kier molecular flexibility index (Phi) is 3.39. The number of nitrogens with zero attached hydrogens (tertiary/aromatic N) is 3. The van der Waals surface area contributed by atoms with Crippen molar-refractivity contribution in [1.82, 2.24) is 14.5 Å². The van der Waals surface area contributed by atoms with Gasteiger partial charge in [0.1, 0.15) is 5.82 Å². The second kappa shape index (κ2) is 5.36. The Morgan fingerprint density at radius 1 is 1.19 bits per heavy atom. The van der Waals surface area contributed by atoms with E-state index in [-0.39, 0.29) is 5.43 Å². The standard InChI is InChI=1S/C16H16N4O/c1-11-9-15(17-2)19-16(18-11)10-20-8-7-14(21)12-5-3-4-6-13(12)20/h3-9H,10H2,1-2H3,(H,17,18,19). The molecule has 0 saturated heterocycles. The second-order valence-corrected chi connectivity index (χ2v) is 4.89. The maximum absolute atomic E-state index is 11.9. The quantitative estimate of drug-likeness (QED) is 0.799. The lowest BCUT2D eigenvalue weighted by Crippen LogP contribution is -2.11. The van der Waals surface area contributed by atoms with Crippen LogP contribution in [0.25, 0.3) is 10.9 Å². The third kappa shape index (κ3) is 2.63. The Morgan fingerprint density at radius 2 is 2.00 bits per heavy atom. The minimum Gasteiger partial charge on any atom is -0.373 e. The summed E-state index contributed by atoms with van der Waals surface area (Å²) in [7, 11) is 1.83. The van der Waals surface area contributed by atoms with Gasteiger partial charge in [-0.3, -0.25) is 4.79 Å². The zero-order valence-electron chi connectivity index (χ0n) is 12.0.